The second-order valence-electron chi connectivity index (χ2n) is 7.49. The van der Waals surface area contributed by atoms with E-state index in [4.69, 9.17) is 5.73 Å². The van der Waals surface area contributed by atoms with E-state index in [2.05, 4.69) is 4.72 Å². The van der Waals surface area contributed by atoms with Gasteiger partial charge in [0.15, 0.2) is 11.4 Å². The molecule has 0 fully saturated rings. The first-order valence-corrected chi connectivity index (χ1v) is 9.50. The van der Waals surface area contributed by atoms with E-state index in [9.17, 15) is 14.1 Å². The lowest BCUT2D eigenvalue weighted by Gasteiger charge is -2.28. The average Bonchev–Trinajstić information content (AvgIpc) is 2.54. The van der Waals surface area contributed by atoms with Crippen molar-refractivity contribution in [1.29, 1.82) is 0 Å². The summed E-state index contributed by atoms with van der Waals surface area (Å²) in [5, 5.41) is 11.3. The third kappa shape index (κ3) is 4.20. The molecule has 0 aliphatic rings. The lowest BCUT2D eigenvalue weighted by Crippen LogP contribution is -2.37. The quantitative estimate of drug-likeness (QED) is 0.702. The normalized spacial score (nSPS) is 15.3. The summed E-state index contributed by atoms with van der Waals surface area (Å²) in [6, 6.07) is 11.7. The third-order valence-corrected chi connectivity index (χ3v) is 5.54. The number of aliphatic hydroxyl groups is 1. The van der Waals surface area contributed by atoms with Crippen molar-refractivity contribution in [2.75, 3.05) is 5.73 Å². The standard InChI is InChI=1S/C20H26N2O3S/c1-13-6-9-16(21)12-18(13)20(24,14(2)23)15-7-10-17(11-8-15)26(25)22-19(3,4)5/h6-12,22,24H,21H2,1-5H3. The molecular formula is C20H26N2O3S. The summed E-state index contributed by atoms with van der Waals surface area (Å²) in [4.78, 5) is 12.9. The Morgan fingerprint density at radius 3 is 2.19 bits per heavy atom. The summed E-state index contributed by atoms with van der Waals surface area (Å²) in [7, 11) is -1.39. The van der Waals surface area contributed by atoms with Crippen LogP contribution in [0.5, 0.6) is 0 Å². The molecule has 2 atom stereocenters. The molecule has 0 spiro atoms. The largest absolute Gasteiger partial charge is 0.399 e. The van der Waals surface area contributed by atoms with Crippen LogP contribution in [0.15, 0.2) is 47.4 Å². The maximum atomic E-state index is 12.4. The van der Waals surface area contributed by atoms with Gasteiger partial charge in [0.2, 0.25) is 0 Å². The Morgan fingerprint density at radius 2 is 1.69 bits per heavy atom. The molecule has 0 saturated carbocycles. The van der Waals surface area contributed by atoms with Crippen molar-refractivity contribution in [1.82, 2.24) is 4.72 Å². The number of nitrogens with one attached hydrogen (secondary N) is 1. The zero-order valence-electron chi connectivity index (χ0n) is 15.8. The molecule has 0 radical (unpaired) electrons. The van der Waals surface area contributed by atoms with Crippen LogP contribution >= 0.6 is 0 Å². The molecule has 140 valence electrons. The van der Waals surface area contributed by atoms with Gasteiger partial charge in [-0.1, -0.05) is 18.2 Å². The van der Waals surface area contributed by atoms with Gasteiger partial charge in [0, 0.05) is 16.8 Å². The summed E-state index contributed by atoms with van der Waals surface area (Å²) in [6.07, 6.45) is 0. The van der Waals surface area contributed by atoms with E-state index in [0.29, 0.717) is 21.7 Å². The second kappa shape index (κ2) is 7.31. The monoisotopic (exact) mass is 374 g/mol. The first-order valence-electron chi connectivity index (χ1n) is 8.35. The molecule has 6 heteroatoms. The highest BCUT2D eigenvalue weighted by Gasteiger charge is 2.38. The first kappa shape index (κ1) is 20.3. The van der Waals surface area contributed by atoms with Gasteiger partial charge in [-0.3, -0.25) is 4.79 Å². The molecule has 4 N–H and O–H groups in total. The number of nitrogens with two attached hydrogens (primary N) is 1. The molecule has 5 nitrogen and oxygen atoms in total. The Bertz CT molecular complexity index is 841. The summed E-state index contributed by atoms with van der Waals surface area (Å²) in [5.74, 6) is -0.409. The number of nitrogen functional groups attached to an aromatic ring is 1. The van der Waals surface area contributed by atoms with Gasteiger partial charge >= 0.3 is 0 Å². The summed E-state index contributed by atoms with van der Waals surface area (Å²) >= 11 is 0. The van der Waals surface area contributed by atoms with E-state index in [-0.39, 0.29) is 5.54 Å². The molecule has 0 heterocycles. The van der Waals surface area contributed by atoms with E-state index >= 15 is 0 Å². The number of ketones is 1. The van der Waals surface area contributed by atoms with Crippen molar-refractivity contribution >= 4 is 22.5 Å². The fourth-order valence-electron chi connectivity index (χ4n) is 2.73. The zero-order valence-corrected chi connectivity index (χ0v) is 16.6. The number of carbonyl (C=O) groups is 1. The summed E-state index contributed by atoms with van der Waals surface area (Å²) in [5.41, 5.74) is 5.84. The lowest BCUT2D eigenvalue weighted by atomic mass is 9.81. The van der Waals surface area contributed by atoms with Gasteiger partial charge in [-0.05, 0) is 70.0 Å². The second-order valence-corrected chi connectivity index (χ2v) is 8.70. The Morgan fingerprint density at radius 1 is 1.12 bits per heavy atom. The Balaban J connectivity index is 2.47. The van der Waals surface area contributed by atoms with Gasteiger partial charge in [0.25, 0.3) is 0 Å². The number of benzene rings is 2. The molecule has 0 aromatic heterocycles. The van der Waals surface area contributed by atoms with Crippen LogP contribution in [0.4, 0.5) is 5.69 Å². The van der Waals surface area contributed by atoms with E-state index < -0.39 is 22.4 Å². The molecule has 26 heavy (non-hydrogen) atoms. The molecule has 0 aliphatic carbocycles. The fraction of sp³-hybridized carbons (Fsp3) is 0.350. The van der Waals surface area contributed by atoms with Crippen LogP contribution in [-0.4, -0.2) is 20.6 Å². The minimum Gasteiger partial charge on any atom is -0.399 e. The fourth-order valence-corrected chi connectivity index (χ4v) is 3.79. The Hall–Kier alpha value is -2.02. The van der Waals surface area contributed by atoms with Crippen LogP contribution in [0.1, 0.15) is 44.4 Å². The van der Waals surface area contributed by atoms with Crippen molar-refractivity contribution in [3.8, 4) is 0 Å². The van der Waals surface area contributed by atoms with E-state index in [1.165, 1.54) is 6.92 Å². The topological polar surface area (TPSA) is 92.4 Å². The minimum absolute atomic E-state index is 0.303. The number of rotatable bonds is 5. The molecule has 0 amide bonds. The summed E-state index contributed by atoms with van der Waals surface area (Å²) < 4.78 is 15.4. The van der Waals surface area contributed by atoms with Gasteiger partial charge < -0.3 is 10.8 Å². The SMILES string of the molecule is CC(=O)C(O)(c1ccc(S(=O)NC(C)(C)C)cc1)c1cc(N)ccc1C. The Labute approximate surface area is 157 Å². The van der Waals surface area contributed by atoms with Crippen molar-refractivity contribution in [3.63, 3.8) is 0 Å². The maximum absolute atomic E-state index is 12.4. The molecular weight excluding hydrogens is 348 g/mol. The van der Waals surface area contributed by atoms with Gasteiger partial charge in [-0.2, -0.15) is 0 Å². The molecule has 2 aromatic rings. The highest BCUT2D eigenvalue weighted by atomic mass is 32.2. The predicted molar refractivity (Wildman–Crippen MR) is 105 cm³/mol. The highest BCUT2D eigenvalue weighted by Crippen LogP contribution is 2.34. The average molecular weight is 375 g/mol. The number of hydrogen-bond acceptors (Lipinski definition) is 4. The highest BCUT2D eigenvalue weighted by molar-refractivity contribution is 7.83. The van der Waals surface area contributed by atoms with E-state index in [0.717, 1.165) is 5.56 Å². The number of aryl methyl sites for hydroxylation is 1. The zero-order chi connectivity index (χ0) is 19.7. The Kier molecular flexibility index (Phi) is 5.70. The van der Waals surface area contributed by atoms with Gasteiger partial charge in [-0.15, -0.1) is 0 Å². The number of carbonyl (C=O) groups excluding carboxylic acids is 1. The molecule has 0 bridgehead atoms. The summed E-state index contributed by atoms with van der Waals surface area (Å²) in [6.45, 7) is 8.94. The van der Waals surface area contributed by atoms with Crippen molar-refractivity contribution in [2.24, 2.45) is 0 Å². The van der Waals surface area contributed by atoms with Crippen LogP contribution in [0.3, 0.4) is 0 Å². The molecule has 0 saturated heterocycles. The lowest BCUT2D eigenvalue weighted by molar-refractivity contribution is -0.132. The third-order valence-electron chi connectivity index (χ3n) is 4.05. The molecule has 2 aromatic carbocycles. The van der Waals surface area contributed by atoms with Gasteiger partial charge in [-0.25, -0.2) is 8.93 Å². The van der Waals surface area contributed by atoms with E-state index in [1.807, 2.05) is 27.7 Å². The van der Waals surface area contributed by atoms with Gasteiger partial charge in [0.1, 0.15) is 11.0 Å². The van der Waals surface area contributed by atoms with Crippen molar-refractivity contribution in [2.45, 2.75) is 50.7 Å². The molecule has 2 unspecified atom stereocenters. The number of anilines is 1. The molecule has 2 rings (SSSR count). The number of Topliss-reactive ketones (excluding diaryl/α,β-unsaturated/α-hetero) is 1. The smallest absolute Gasteiger partial charge is 0.173 e. The van der Waals surface area contributed by atoms with Crippen LogP contribution in [0, 0.1) is 6.92 Å². The van der Waals surface area contributed by atoms with Crippen LogP contribution in [0.2, 0.25) is 0 Å². The van der Waals surface area contributed by atoms with Crippen molar-refractivity contribution in [3.05, 3.63) is 59.2 Å². The first-order chi connectivity index (χ1) is 11.9. The molecule has 0 aliphatic heterocycles. The predicted octanol–water partition coefficient (Wildman–Crippen LogP) is 2.81. The maximum Gasteiger partial charge on any atom is 0.173 e. The van der Waals surface area contributed by atoms with Crippen LogP contribution in [0.25, 0.3) is 0 Å². The van der Waals surface area contributed by atoms with Gasteiger partial charge in [0.05, 0.1) is 4.90 Å². The van der Waals surface area contributed by atoms with Crippen LogP contribution in [-0.2, 0) is 21.4 Å². The van der Waals surface area contributed by atoms with Crippen molar-refractivity contribution < 1.29 is 14.1 Å². The minimum atomic E-state index is -1.81. The number of hydrogen-bond donors (Lipinski definition) is 3. The van der Waals surface area contributed by atoms with Crippen LogP contribution < -0.4 is 10.5 Å². The van der Waals surface area contributed by atoms with E-state index in [1.54, 1.807) is 42.5 Å².